The molecule has 10 heteroatoms. The summed E-state index contributed by atoms with van der Waals surface area (Å²) in [5, 5.41) is 2.50. The average Bonchev–Trinajstić information content (AvgIpc) is 3.08. The first-order valence-electron chi connectivity index (χ1n) is 7.97. The summed E-state index contributed by atoms with van der Waals surface area (Å²) in [6.45, 7) is 3.90. The minimum atomic E-state index is -3.67. The molecular formula is C17H18ClN3O5S. The highest BCUT2D eigenvalue weighted by Gasteiger charge is 2.33. The van der Waals surface area contributed by atoms with Crippen LogP contribution in [-0.2, 0) is 21.6 Å². The zero-order valence-electron chi connectivity index (χ0n) is 15.2. The summed E-state index contributed by atoms with van der Waals surface area (Å²) < 4.78 is 31.1. The smallest absolute Gasteiger partial charge is 0.277 e. The number of hydrogen-bond acceptors (Lipinski definition) is 6. The first kappa shape index (κ1) is 19.4. The predicted octanol–water partition coefficient (Wildman–Crippen LogP) is 1.56. The van der Waals surface area contributed by atoms with Gasteiger partial charge in [-0.25, -0.2) is 13.4 Å². The van der Waals surface area contributed by atoms with Crippen molar-refractivity contribution in [3.8, 4) is 0 Å². The number of halogens is 1. The Bertz CT molecular complexity index is 1140. The lowest BCUT2D eigenvalue weighted by atomic mass is 10.0. The number of ketones is 1. The van der Waals surface area contributed by atoms with E-state index in [0.717, 1.165) is 10.9 Å². The maximum absolute atomic E-state index is 12.8. The molecule has 1 aromatic heterocycles. The van der Waals surface area contributed by atoms with Crippen LogP contribution < -0.4 is 5.56 Å². The van der Waals surface area contributed by atoms with Gasteiger partial charge in [0.15, 0.2) is 9.84 Å². The average molecular weight is 412 g/mol. The molecule has 0 spiro atoms. The fourth-order valence-corrected chi connectivity index (χ4v) is 3.99. The van der Waals surface area contributed by atoms with Crippen molar-refractivity contribution in [3.63, 3.8) is 0 Å². The van der Waals surface area contributed by atoms with Crippen molar-refractivity contribution in [2.75, 3.05) is 12.9 Å². The van der Waals surface area contributed by atoms with Gasteiger partial charge in [-0.05, 0) is 26.0 Å². The first-order chi connectivity index (χ1) is 12.4. The second kappa shape index (κ2) is 6.35. The highest BCUT2D eigenvalue weighted by Crippen LogP contribution is 2.33. The Morgan fingerprint density at radius 1 is 1.33 bits per heavy atom. The lowest BCUT2D eigenvalue weighted by molar-refractivity contribution is 0.103. The molecule has 1 N–H and O–H groups in total. The van der Waals surface area contributed by atoms with Crippen molar-refractivity contribution in [1.29, 1.82) is 0 Å². The van der Waals surface area contributed by atoms with E-state index in [2.05, 4.69) is 10.1 Å². The molecule has 0 aliphatic carbocycles. The maximum Gasteiger partial charge on any atom is 0.277 e. The van der Waals surface area contributed by atoms with Gasteiger partial charge >= 0.3 is 0 Å². The Morgan fingerprint density at radius 3 is 2.48 bits per heavy atom. The molecule has 2 aromatic rings. The number of aromatic nitrogens is 2. The standard InChI is InChI=1S/C17H18ClN3O5S/c1-17(2)8-26-15(20-17)12-11(27(4,24)25)6-5-9(13(12)18)14(22)10-7-19-21(3)16(10)23/h5-7,19H,8H2,1-4H3. The van der Waals surface area contributed by atoms with Crippen LogP contribution in [0.25, 0.3) is 0 Å². The molecule has 2 heterocycles. The van der Waals surface area contributed by atoms with Crippen LogP contribution in [0.2, 0.25) is 5.02 Å². The number of rotatable bonds is 4. The van der Waals surface area contributed by atoms with Crippen molar-refractivity contribution in [3.05, 3.63) is 50.4 Å². The second-order valence-electron chi connectivity index (χ2n) is 6.97. The summed E-state index contributed by atoms with van der Waals surface area (Å²) in [5.74, 6) is -0.567. The number of aromatic amines is 1. The molecule has 0 radical (unpaired) electrons. The molecule has 0 amide bonds. The number of carbonyl (C=O) groups excluding carboxylic acids is 1. The number of carbonyl (C=O) groups is 1. The van der Waals surface area contributed by atoms with E-state index in [1.165, 1.54) is 25.4 Å². The number of nitrogens with zero attached hydrogens (tertiary/aromatic N) is 2. The molecule has 0 atom stereocenters. The third-order valence-electron chi connectivity index (χ3n) is 4.11. The fraction of sp³-hybridized carbons (Fsp3) is 0.353. The van der Waals surface area contributed by atoms with Gasteiger partial charge in [0.25, 0.3) is 5.56 Å². The Kier molecular flexibility index (Phi) is 4.55. The molecule has 27 heavy (non-hydrogen) atoms. The lowest BCUT2D eigenvalue weighted by Crippen LogP contribution is -2.20. The molecule has 0 fully saturated rings. The van der Waals surface area contributed by atoms with Crippen LogP contribution in [-0.4, -0.2) is 48.3 Å². The Labute approximate surface area is 160 Å². The summed E-state index contributed by atoms with van der Waals surface area (Å²) in [7, 11) is -2.20. The summed E-state index contributed by atoms with van der Waals surface area (Å²) in [5.41, 5.74) is -1.15. The molecule has 0 unspecified atom stereocenters. The van der Waals surface area contributed by atoms with Crippen LogP contribution in [0.5, 0.6) is 0 Å². The van der Waals surface area contributed by atoms with E-state index < -0.39 is 26.7 Å². The maximum atomic E-state index is 12.8. The van der Waals surface area contributed by atoms with Gasteiger partial charge in [-0.3, -0.25) is 14.3 Å². The third-order valence-corrected chi connectivity index (χ3v) is 5.64. The quantitative estimate of drug-likeness (QED) is 0.767. The van der Waals surface area contributed by atoms with E-state index in [4.69, 9.17) is 16.3 Å². The lowest BCUT2D eigenvalue weighted by Gasteiger charge is -2.12. The van der Waals surface area contributed by atoms with Crippen LogP contribution in [0, 0.1) is 0 Å². The Hall–Kier alpha value is -2.39. The van der Waals surface area contributed by atoms with Crippen LogP contribution in [0.4, 0.5) is 0 Å². The zero-order chi connectivity index (χ0) is 20.1. The van der Waals surface area contributed by atoms with E-state index in [1.54, 1.807) is 0 Å². The van der Waals surface area contributed by atoms with Crippen molar-refractivity contribution in [1.82, 2.24) is 9.78 Å². The van der Waals surface area contributed by atoms with Crippen molar-refractivity contribution in [2.45, 2.75) is 24.3 Å². The number of ether oxygens (including phenoxy) is 1. The van der Waals surface area contributed by atoms with Crippen molar-refractivity contribution in [2.24, 2.45) is 12.0 Å². The van der Waals surface area contributed by atoms with Gasteiger partial charge in [-0.1, -0.05) is 11.6 Å². The number of aryl methyl sites for hydroxylation is 1. The fourth-order valence-electron chi connectivity index (χ4n) is 2.72. The Morgan fingerprint density at radius 2 is 2.00 bits per heavy atom. The molecule has 3 rings (SSSR count). The second-order valence-corrected chi connectivity index (χ2v) is 9.33. The Balaban J connectivity index is 2.25. The minimum absolute atomic E-state index is 0.00762. The van der Waals surface area contributed by atoms with Gasteiger partial charge in [0, 0.05) is 25.1 Å². The SMILES string of the molecule is Cn1[nH]cc(C(=O)c2ccc(S(C)(=O)=O)c(C3=NC(C)(C)CO3)c2Cl)c1=O. The first-order valence-corrected chi connectivity index (χ1v) is 10.2. The van der Waals surface area contributed by atoms with E-state index in [9.17, 15) is 18.0 Å². The number of H-pyrrole nitrogens is 1. The van der Waals surface area contributed by atoms with Gasteiger partial charge in [0.2, 0.25) is 11.7 Å². The summed E-state index contributed by atoms with van der Waals surface area (Å²) in [6, 6.07) is 2.57. The topological polar surface area (TPSA) is 111 Å². The highest BCUT2D eigenvalue weighted by atomic mass is 35.5. The van der Waals surface area contributed by atoms with Gasteiger partial charge < -0.3 is 9.84 Å². The number of sulfone groups is 1. The highest BCUT2D eigenvalue weighted by molar-refractivity contribution is 7.90. The van der Waals surface area contributed by atoms with Crippen LogP contribution >= 0.6 is 11.6 Å². The molecule has 1 aliphatic heterocycles. The zero-order valence-corrected chi connectivity index (χ0v) is 16.7. The largest absolute Gasteiger partial charge is 0.475 e. The van der Waals surface area contributed by atoms with Crippen LogP contribution in [0.3, 0.4) is 0 Å². The third kappa shape index (κ3) is 3.44. The number of benzene rings is 1. The van der Waals surface area contributed by atoms with Crippen LogP contribution in [0.15, 0.2) is 33.0 Å². The van der Waals surface area contributed by atoms with Gasteiger partial charge in [-0.15, -0.1) is 0 Å². The summed E-state index contributed by atoms with van der Waals surface area (Å²) in [4.78, 5) is 29.2. The van der Waals surface area contributed by atoms with E-state index in [1.807, 2.05) is 13.8 Å². The van der Waals surface area contributed by atoms with E-state index in [0.29, 0.717) is 0 Å². The molecule has 1 aliphatic rings. The van der Waals surface area contributed by atoms with Crippen molar-refractivity contribution >= 4 is 33.1 Å². The molecule has 0 saturated carbocycles. The molecule has 1 aromatic carbocycles. The van der Waals surface area contributed by atoms with Crippen molar-refractivity contribution < 1.29 is 17.9 Å². The monoisotopic (exact) mass is 411 g/mol. The number of aliphatic imine (C=N–C) groups is 1. The van der Waals surface area contributed by atoms with Gasteiger partial charge in [-0.2, -0.15) is 0 Å². The van der Waals surface area contributed by atoms with Gasteiger partial charge in [0.05, 0.1) is 21.0 Å². The predicted molar refractivity (Wildman–Crippen MR) is 101 cm³/mol. The van der Waals surface area contributed by atoms with Gasteiger partial charge in [0.1, 0.15) is 12.2 Å². The van der Waals surface area contributed by atoms with Crippen LogP contribution in [0.1, 0.15) is 35.3 Å². The summed E-state index contributed by atoms with van der Waals surface area (Å²) >= 11 is 6.43. The van der Waals surface area contributed by atoms with E-state index in [-0.39, 0.29) is 39.1 Å². The normalized spacial score (nSPS) is 16.1. The molecule has 144 valence electrons. The molecular weight excluding hydrogens is 394 g/mol. The molecule has 0 bridgehead atoms. The number of hydrogen-bond donors (Lipinski definition) is 1. The molecule has 0 saturated heterocycles. The minimum Gasteiger partial charge on any atom is -0.475 e. The number of nitrogens with one attached hydrogen (secondary N) is 1. The van der Waals surface area contributed by atoms with E-state index >= 15 is 0 Å². The molecule has 8 nitrogen and oxygen atoms in total. The summed E-state index contributed by atoms with van der Waals surface area (Å²) in [6.07, 6.45) is 2.31.